The Hall–Kier alpha value is -1.37. The fraction of sp³-hybridized carbons (Fsp3) is 0.583. The fourth-order valence-electron chi connectivity index (χ4n) is 2.44. The predicted octanol–water partition coefficient (Wildman–Crippen LogP) is 2.54. The van der Waals surface area contributed by atoms with Gasteiger partial charge in [-0.15, -0.1) is 0 Å². The Morgan fingerprint density at radius 1 is 1.42 bits per heavy atom. The van der Waals surface area contributed by atoms with Gasteiger partial charge < -0.3 is 5.73 Å². The number of nitrogen functional groups attached to an aromatic ring is 1. The van der Waals surface area contributed by atoms with Gasteiger partial charge in [0.25, 0.3) is 0 Å². The van der Waals surface area contributed by atoms with Gasteiger partial charge in [-0.1, -0.05) is 0 Å². The molecule has 1 aliphatic heterocycles. The standard InChI is InChI=1S/C12H15F4N3/c13-10-4-9(17)5-18-11(10)8-2-1-3-19(6-8)7-12(14,15)16/h4-5,8H,1-3,6-7,17H2. The number of alkyl halides is 3. The molecule has 0 radical (unpaired) electrons. The number of likely N-dealkylation sites (tertiary alicyclic amines) is 1. The summed E-state index contributed by atoms with van der Waals surface area (Å²) in [6.45, 7) is -0.403. The normalized spacial score (nSPS) is 21.6. The Bertz CT molecular complexity index is 447. The molecule has 1 unspecified atom stereocenters. The molecule has 1 aromatic heterocycles. The maximum atomic E-state index is 13.7. The molecule has 19 heavy (non-hydrogen) atoms. The van der Waals surface area contributed by atoms with Crippen LogP contribution < -0.4 is 5.73 Å². The monoisotopic (exact) mass is 277 g/mol. The number of pyridine rings is 1. The molecule has 2 heterocycles. The molecule has 1 saturated heterocycles. The van der Waals surface area contributed by atoms with E-state index in [2.05, 4.69) is 4.98 Å². The molecule has 2 N–H and O–H groups in total. The third kappa shape index (κ3) is 3.79. The van der Waals surface area contributed by atoms with Crippen molar-refractivity contribution in [1.29, 1.82) is 0 Å². The second-order valence-corrected chi connectivity index (χ2v) is 4.83. The molecule has 0 amide bonds. The number of nitrogens with two attached hydrogens (primary N) is 1. The number of hydrogen-bond donors (Lipinski definition) is 1. The Morgan fingerprint density at radius 2 is 2.16 bits per heavy atom. The first-order chi connectivity index (χ1) is 8.85. The van der Waals surface area contributed by atoms with Crippen LogP contribution in [0.2, 0.25) is 0 Å². The van der Waals surface area contributed by atoms with Crippen molar-refractivity contribution >= 4 is 5.69 Å². The third-order valence-electron chi connectivity index (χ3n) is 3.19. The summed E-state index contributed by atoms with van der Waals surface area (Å²) in [5.41, 5.74) is 5.83. The van der Waals surface area contributed by atoms with E-state index in [4.69, 9.17) is 5.73 Å². The van der Waals surface area contributed by atoms with Crippen LogP contribution in [0.1, 0.15) is 24.5 Å². The maximum absolute atomic E-state index is 13.7. The highest BCUT2D eigenvalue weighted by Gasteiger charge is 2.34. The van der Waals surface area contributed by atoms with Crippen LogP contribution in [0.3, 0.4) is 0 Å². The van der Waals surface area contributed by atoms with Gasteiger partial charge in [0.15, 0.2) is 0 Å². The SMILES string of the molecule is Nc1cnc(C2CCCN(CC(F)(F)F)C2)c(F)c1. The first-order valence-electron chi connectivity index (χ1n) is 6.05. The van der Waals surface area contributed by atoms with Crippen molar-refractivity contribution in [1.82, 2.24) is 9.88 Å². The van der Waals surface area contributed by atoms with Crippen LogP contribution in [0.5, 0.6) is 0 Å². The highest BCUT2D eigenvalue weighted by atomic mass is 19.4. The van der Waals surface area contributed by atoms with Gasteiger partial charge in [-0.3, -0.25) is 9.88 Å². The van der Waals surface area contributed by atoms with E-state index in [1.54, 1.807) is 0 Å². The molecule has 0 aliphatic carbocycles. The molecule has 0 aromatic carbocycles. The molecule has 1 atom stereocenters. The first kappa shape index (κ1) is 14.0. The number of rotatable bonds is 2. The lowest BCUT2D eigenvalue weighted by molar-refractivity contribution is -0.148. The highest BCUT2D eigenvalue weighted by Crippen LogP contribution is 2.29. The molecule has 0 bridgehead atoms. The second-order valence-electron chi connectivity index (χ2n) is 4.83. The average Bonchev–Trinajstić information content (AvgIpc) is 2.26. The van der Waals surface area contributed by atoms with Crippen LogP contribution in [0.15, 0.2) is 12.3 Å². The van der Waals surface area contributed by atoms with Crippen LogP contribution in [-0.2, 0) is 0 Å². The molecule has 3 nitrogen and oxygen atoms in total. The smallest absolute Gasteiger partial charge is 0.397 e. The van der Waals surface area contributed by atoms with Crippen LogP contribution in [-0.4, -0.2) is 35.7 Å². The molecule has 2 rings (SSSR count). The van der Waals surface area contributed by atoms with Gasteiger partial charge in [0.2, 0.25) is 0 Å². The number of anilines is 1. The minimum Gasteiger partial charge on any atom is -0.397 e. The van der Waals surface area contributed by atoms with Crippen molar-refractivity contribution in [2.24, 2.45) is 0 Å². The van der Waals surface area contributed by atoms with Crippen molar-refractivity contribution in [2.75, 3.05) is 25.4 Å². The van der Waals surface area contributed by atoms with Crippen molar-refractivity contribution in [2.45, 2.75) is 24.9 Å². The summed E-state index contributed by atoms with van der Waals surface area (Å²) in [6, 6.07) is 1.16. The van der Waals surface area contributed by atoms with Crippen molar-refractivity contribution in [3.63, 3.8) is 0 Å². The molecule has 0 saturated carbocycles. The lowest BCUT2D eigenvalue weighted by Gasteiger charge is -2.32. The molecule has 106 valence electrons. The summed E-state index contributed by atoms with van der Waals surface area (Å²) < 4.78 is 50.8. The van der Waals surface area contributed by atoms with Crippen LogP contribution in [0.25, 0.3) is 0 Å². The van der Waals surface area contributed by atoms with Crippen LogP contribution in [0.4, 0.5) is 23.2 Å². The Morgan fingerprint density at radius 3 is 2.79 bits per heavy atom. The lowest BCUT2D eigenvalue weighted by Crippen LogP contribution is -2.40. The number of nitrogens with zero attached hydrogens (tertiary/aromatic N) is 2. The molecule has 0 spiro atoms. The first-order valence-corrected chi connectivity index (χ1v) is 6.05. The van der Waals surface area contributed by atoms with E-state index in [0.717, 1.165) is 6.07 Å². The van der Waals surface area contributed by atoms with E-state index in [1.165, 1.54) is 11.1 Å². The summed E-state index contributed by atoms with van der Waals surface area (Å²) in [6.07, 6.45) is -1.65. The fourth-order valence-corrected chi connectivity index (χ4v) is 2.44. The summed E-state index contributed by atoms with van der Waals surface area (Å²) >= 11 is 0. The van der Waals surface area contributed by atoms with E-state index in [-0.39, 0.29) is 23.8 Å². The molecular formula is C12H15F4N3. The van der Waals surface area contributed by atoms with Gasteiger partial charge >= 0.3 is 6.18 Å². The summed E-state index contributed by atoms with van der Waals surface area (Å²) in [5.74, 6) is -0.851. The van der Waals surface area contributed by atoms with Gasteiger partial charge in [0.05, 0.1) is 24.1 Å². The van der Waals surface area contributed by atoms with Crippen LogP contribution >= 0.6 is 0 Å². The van der Waals surface area contributed by atoms with E-state index in [9.17, 15) is 17.6 Å². The summed E-state index contributed by atoms with van der Waals surface area (Å²) in [4.78, 5) is 5.22. The summed E-state index contributed by atoms with van der Waals surface area (Å²) in [7, 11) is 0. The van der Waals surface area contributed by atoms with E-state index in [0.29, 0.717) is 19.4 Å². The lowest BCUT2D eigenvalue weighted by atomic mass is 9.94. The van der Waals surface area contributed by atoms with Gasteiger partial charge in [-0.2, -0.15) is 13.2 Å². The number of aromatic nitrogens is 1. The topological polar surface area (TPSA) is 42.1 Å². The molecular weight excluding hydrogens is 262 g/mol. The van der Waals surface area contributed by atoms with E-state index < -0.39 is 18.5 Å². The zero-order chi connectivity index (χ0) is 14.0. The van der Waals surface area contributed by atoms with Gasteiger partial charge in [-0.05, 0) is 19.4 Å². The van der Waals surface area contributed by atoms with Crippen molar-refractivity contribution in [3.8, 4) is 0 Å². The minimum atomic E-state index is -4.23. The van der Waals surface area contributed by atoms with Crippen LogP contribution in [0, 0.1) is 5.82 Å². The number of piperidine rings is 1. The number of hydrogen-bond acceptors (Lipinski definition) is 3. The Kier molecular flexibility index (Phi) is 3.93. The molecule has 1 fully saturated rings. The quantitative estimate of drug-likeness (QED) is 0.845. The average molecular weight is 277 g/mol. The zero-order valence-corrected chi connectivity index (χ0v) is 10.3. The van der Waals surface area contributed by atoms with Gasteiger partial charge in [0.1, 0.15) is 5.82 Å². The molecule has 1 aromatic rings. The molecule has 1 aliphatic rings. The largest absolute Gasteiger partial charge is 0.401 e. The minimum absolute atomic E-state index is 0.174. The molecule has 7 heteroatoms. The van der Waals surface area contributed by atoms with E-state index in [1.807, 2.05) is 0 Å². The second kappa shape index (κ2) is 5.32. The van der Waals surface area contributed by atoms with Crippen molar-refractivity contribution < 1.29 is 17.6 Å². The van der Waals surface area contributed by atoms with Gasteiger partial charge in [0, 0.05) is 18.5 Å². The number of halogens is 4. The third-order valence-corrected chi connectivity index (χ3v) is 3.19. The summed E-state index contributed by atoms with van der Waals surface area (Å²) in [5, 5.41) is 0. The predicted molar refractivity (Wildman–Crippen MR) is 63.1 cm³/mol. The Labute approximate surface area is 108 Å². The highest BCUT2D eigenvalue weighted by molar-refractivity contribution is 5.36. The van der Waals surface area contributed by atoms with Gasteiger partial charge in [-0.25, -0.2) is 4.39 Å². The maximum Gasteiger partial charge on any atom is 0.401 e. The Balaban J connectivity index is 2.08. The van der Waals surface area contributed by atoms with E-state index >= 15 is 0 Å². The zero-order valence-electron chi connectivity index (χ0n) is 10.3. The van der Waals surface area contributed by atoms with Crippen molar-refractivity contribution in [3.05, 3.63) is 23.8 Å².